The summed E-state index contributed by atoms with van der Waals surface area (Å²) in [6.45, 7) is 0. The van der Waals surface area contributed by atoms with Crippen LogP contribution in [0.15, 0.2) is 188 Å². The first kappa shape index (κ1) is 27.3. The normalized spacial score (nSPS) is 13.2. The van der Waals surface area contributed by atoms with Crippen LogP contribution in [0.1, 0.15) is 0 Å². The van der Waals surface area contributed by atoms with E-state index < -0.39 is 8.07 Å². The maximum atomic E-state index is 5.30. The minimum absolute atomic E-state index is 0.912. The predicted molar refractivity (Wildman–Crippen MR) is 198 cm³/mol. The Hall–Kier alpha value is -5.97. The van der Waals surface area contributed by atoms with Gasteiger partial charge in [-0.1, -0.05) is 158 Å². The summed E-state index contributed by atoms with van der Waals surface area (Å²) in [7, 11) is -2.66. The number of aromatic nitrogens is 2. The molecule has 3 nitrogen and oxygen atoms in total. The first-order valence-electron chi connectivity index (χ1n) is 16.1. The molecular formula is C43H31N3Si. The molecule has 0 aliphatic carbocycles. The number of benzene rings is 6. The third kappa shape index (κ3) is 4.23. The molecule has 1 aliphatic heterocycles. The second-order valence-corrected chi connectivity index (χ2v) is 15.7. The van der Waals surface area contributed by atoms with Gasteiger partial charge in [-0.15, -0.1) is 0 Å². The fourth-order valence-corrected chi connectivity index (χ4v) is 12.6. The summed E-state index contributed by atoms with van der Waals surface area (Å²) >= 11 is 0. The largest absolute Gasteiger partial charge is 0.310 e. The molecule has 0 saturated carbocycles. The Morgan fingerprint density at radius 2 is 0.915 bits per heavy atom. The second-order valence-electron chi connectivity index (χ2n) is 12.0. The fourth-order valence-electron chi connectivity index (χ4n) is 7.53. The van der Waals surface area contributed by atoms with E-state index in [4.69, 9.17) is 4.98 Å². The minimum atomic E-state index is -2.66. The summed E-state index contributed by atoms with van der Waals surface area (Å²) in [5.41, 5.74) is 8.75. The Bertz CT molecular complexity index is 2260. The van der Waals surface area contributed by atoms with Crippen LogP contribution >= 0.6 is 0 Å². The third-order valence-corrected chi connectivity index (χ3v) is 14.3. The first-order chi connectivity index (χ1) is 23.3. The van der Waals surface area contributed by atoms with Gasteiger partial charge < -0.3 is 4.90 Å². The highest BCUT2D eigenvalue weighted by Gasteiger charge is 2.48. The number of para-hydroxylation sites is 2. The zero-order valence-electron chi connectivity index (χ0n) is 25.7. The number of fused-ring (bicyclic) bond motifs is 3. The van der Waals surface area contributed by atoms with Crippen LogP contribution in [0.3, 0.4) is 0 Å². The molecule has 1 aliphatic rings. The Kier molecular flexibility index (Phi) is 6.47. The van der Waals surface area contributed by atoms with Crippen molar-refractivity contribution >= 4 is 51.5 Å². The summed E-state index contributed by atoms with van der Waals surface area (Å²) in [4.78, 5) is 7.74. The summed E-state index contributed by atoms with van der Waals surface area (Å²) in [6.07, 6.45) is 2.19. The van der Waals surface area contributed by atoms with Crippen molar-refractivity contribution in [1.82, 2.24) is 9.38 Å². The molecule has 0 bridgehead atoms. The summed E-state index contributed by atoms with van der Waals surface area (Å²) in [6, 6.07) is 65.9. The molecule has 2 aromatic heterocycles. The molecule has 8 aromatic rings. The Balaban J connectivity index is 1.31. The number of nitrogens with zero attached hydrogens (tertiary/aromatic N) is 3. The maximum absolute atomic E-state index is 5.30. The average Bonchev–Trinajstić information content (AvgIpc) is 3.54. The van der Waals surface area contributed by atoms with Gasteiger partial charge in [0.25, 0.3) is 0 Å². The molecule has 6 aromatic carbocycles. The van der Waals surface area contributed by atoms with Crippen molar-refractivity contribution in [3.63, 3.8) is 0 Å². The molecule has 0 radical (unpaired) electrons. The van der Waals surface area contributed by atoms with Crippen molar-refractivity contribution in [2.45, 2.75) is 0 Å². The van der Waals surface area contributed by atoms with Crippen LogP contribution in [0.25, 0.3) is 28.2 Å². The summed E-state index contributed by atoms with van der Waals surface area (Å²) in [5.74, 6) is 0. The molecule has 0 amide bonds. The van der Waals surface area contributed by atoms with E-state index in [1.807, 2.05) is 0 Å². The van der Waals surface area contributed by atoms with Gasteiger partial charge in [0, 0.05) is 34.8 Å². The van der Waals surface area contributed by atoms with E-state index >= 15 is 0 Å². The molecular weight excluding hydrogens is 587 g/mol. The van der Waals surface area contributed by atoms with Crippen molar-refractivity contribution < 1.29 is 0 Å². The van der Waals surface area contributed by atoms with E-state index in [1.54, 1.807) is 0 Å². The number of hydrogen-bond donors (Lipinski definition) is 0. The smallest absolute Gasteiger partial charge is 0.184 e. The van der Waals surface area contributed by atoms with E-state index in [2.05, 4.69) is 197 Å². The predicted octanol–water partition coefficient (Wildman–Crippen LogP) is 7.83. The van der Waals surface area contributed by atoms with Crippen LogP contribution in [-0.2, 0) is 0 Å². The molecule has 0 atom stereocenters. The van der Waals surface area contributed by atoms with Gasteiger partial charge in [0.1, 0.15) is 5.65 Å². The van der Waals surface area contributed by atoms with Crippen LogP contribution in [0.2, 0.25) is 0 Å². The van der Waals surface area contributed by atoms with Gasteiger partial charge in [-0.2, -0.15) is 0 Å². The topological polar surface area (TPSA) is 20.5 Å². The Morgan fingerprint density at radius 3 is 1.47 bits per heavy atom. The van der Waals surface area contributed by atoms with Crippen LogP contribution in [0, 0.1) is 0 Å². The molecule has 3 heterocycles. The van der Waals surface area contributed by atoms with E-state index in [0.29, 0.717) is 0 Å². The molecule has 9 rings (SSSR count). The first-order valence-corrected chi connectivity index (χ1v) is 18.1. The number of pyridine rings is 1. The van der Waals surface area contributed by atoms with Crippen molar-refractivity contribution in [3.05, 3.63) is 188 Å². The van der Waals surface area contributed by atoms with Crippen molar-refractivity contribution in [1.29, 1.82) is 0 Å². The van der Waals surface area contributed by atoms with E-state index in [-0.39, 0.29) is 0 Å². The van der Waals surface area contributed by atoms with Crippen LogP contribution in [-0.4, -0.2) is 17.5 Å². The van der Waals surface area contributed by atoms with Gasteiger partial charge in [-0.05, 0) is 38.9 Å². The lowest BCUT2D eigenvalue weighted by Gasteiger charge is -2.45. The average molecular weight is 618 g/mol. The second kappa shape index (κ2) is 11.1. The highest BCUT2D eigenvalue weighted by molar-refractivity contribution is 7.21. The molecule has 0 unspecified atom stereocenters. The number of hydrogen-bond acceptors (Lipinski definition) is 2. The van der Waals surface area contributed by atoms with E-state index in [9.17, 15) is 0 Å². The van der Waals surface area contributed by atoms with E-state index in [0.717, 1.165) is 33.8 Å². The Labute approximate surface area is 275 Å². The highest BCUT2D eigenvalue weighted by Crippen LogP contribution is 2.40. The standard InChI is InChI=1S/C43H31N3Si/c1-5-17-32(18-6-1)42-43(33-19-7-2-8-20-33)45-30-29-34(31-41(45)44-42)46-37-25-13-15-27-39(37)47(35-21-9-3-10-22-35,36-23-11-4-12-24-36)40-28-16-14-26-38(40)46/h1-31H. The molecule has 47 heavy (non-hydrogen) atoms. The van der Waals surface area contributed by atoms with Crippen LogP contribution in [0.4, 0.5) is 17.1 Å². The van der Waals surface area contributed by atoms with Gasteiger partial charge in [0.05, 0.1) is 17.1 Å². The van der Waals surface area contributed by atoms with E-state index in [1.165, 1.54) is 32.1 Å². The lowest BCUT2D eigenvalue weighted by atomic mass is 10.1. The zero-order valence-corrected chi connectivity index (χ0v) is 26.7. The maximum Gasteiger partial charge on any atom is 0.184 e. The van der Waals surface area contributed by atoms with Gasteiger partial charge in [0.2, 0.25) is 0 Å². The van der Waals surface area contributed by atoms with Crippen LogP contribution in [0.5, 0.6) is 0 Å². The molecule has 0 fully saturated rings. The zero-order chi connectivity index (χ0) is 31.2. The molecule has 222 valence electrons. The molecule has 0 saturated heterocycles. The fraction of sp³-hybridized carbons (Fsp3) is 0. The monoisotopic (exact) mass is 617 g/mol. The molecule has 0 spiro atoms. The van der Waals surface area contributed by atoms with Crippen LogP contribution < -0.4 is 25.6 Å². The van der Waals surface area contributed by atoms with Gasteiger partial charge >= 0.3 is 0 Å². The highest BCUT2D eigenvalue weighted by atomic mass is 28.3. The number of anilines is 3. The third-order valence-electron chi connectivity index (χ3n) is 9.47. The molecule has 4 heteroatoms. The number of rotatable bonds is 5. The lowest BCUT2D eigenvalue weighted by Crippen LogP contribution is -2.77. The molecule has 0 N–H and O–H groups in total. The Morgan fingerprint density at radius 1 is 0.447 bits per heavy atom. The minimum Gasteiger partial charge on any atom is -0.310 e. The van der Waals surface area contributed by atoms with Gasteiger partial charge in [-0.3, -0.25) is 4.40 Å². The SMILES string of the molecule is c1ccc(-c2nc3cc(N4c5ccccc5[Si](c5ccccc5)(c5ccccc5)c5ccccc54)ccn3c2-c2ccccc2)cc1. The summed E-state index contributed by atoms with van der Waals surface area (Å²) < 4.78 is 2.23. The lowest BCUT2D eigenvalue weighted by molar-refractivity contribution is 1.17. The van der Waals surface area contributed by atoms with Crippen molar-refractivity contribution in [2.24, 2.45) is 0 Å². The van der Waals surface area contributed by atoms with Gasteiger partial charge in [-0.25, -0.2) is 4.98 Å². The quantitative estimate of drug-likeness (QED) is 0.184. The summed E-state index contributed by atoms with van der Waals surface area (Å²) in [5, 5.41) is 5.53. The number of imidazole rings is 1. The van der Waals surface area contributed by atoms with Gasteiger partial charge in [0.15, 0.2) is 8.07 Å². The van der Waals surface area contributed by atoms with Crippen molar-refractivity contribution in [2.75, 3.05) is 4.90 Å². The van der Waals surface area contributed by atoms with Crippen molar-refractivity contribution in [3.8, 4) is 22.5 Å².